The number of hydrogen-bond donors (Lipinski definition) is 6. The largest absolute Gasteiger partial charge is 0.512 e. The Balaban J connectivity index is 1.43. The summed E-state index contributed by atoms with van der Waals surface area (Å²) >= 11 is 0. The Kier molecular flexibility index (Phi) is 8.03. The van der Waals surface area contributed by atoms with E-state index >= 15 is 0 Å². The highest BCUT2D eigenvalue weighted by molar-refractivity contribution is 5.69. The van der Waals surface area contributed by atoms with Crippen LogP contribution in [0, 0.1) is 42.4 Å². The van der Waals surface area contributed by atoms with Crippen LogP contribution in [0.15, 0.2) is 17.0 Å². The molecule has 4 fully saturated rings. The van der Waals surface area contributed by atoms with Gasteiger partial charge in [0.25, 0.3) is 0 Å². The molecular weight excluding hydrogens is 528 g/mol. The van der Waals surface area contributed by atoms with Gasteiger partial charge in [0.15, 0.2) is 0 Å². The Morgan fingerprint density at radius 1 is 1.07 bits per heavy atom. The Hall–Kier alpha value is -2.29. The molecule has 12 atom stereocenters. The molecule has 0 amide bonds. The summed E-state index contributed by atoms with van der Waals surface area (Å²) in [4.78, 5) is 16.1. The first-order chi connectivity index (χ1) is 20.0. The van der Waals surface area contributed by atoms with Crippen molar-refractivity contribution in [2.24, 2.45) is 35.5 Å². The maximum absolute atomic E-state index is 12.3. The summed E-state index contributed by atoms with van der Waals surface area (Å²) in [5, 5.41) is 34.3. The van der Waals surface area contributed by atoms with Gasteiger partial charge in [0.2, 0.25) is 0 Å². The van der Waals surface area contributed by atoms with E-state index in [-0.39, 0.29) is 54.1 Å². The number of aromatic nitrogens is 1. The second kappa shape index (κ2) is 11.3. The smallest absolute Gasteiger partial charge is 0.305 e. The predicted molar refractivity (Wildman–Crippen MR) is 165 cm³/mol. The normalized spacial score (nSPS) is 42.0. The molecule has 8 bridgehead atoms. The van der Waals surface area contributed by atoms with Crippen LogP contribution in [0.2, 0.25) is 0 Å². The molecule has 0 spiro atoms. The zero-order valence-corrected chi connectivity index (χ0v) is 26.5. The van der Waals surface area contributed by atoms with Crippen LogP contribution in [0.3, 0.4) is 0 Å². The number of carbonyl (C=O) groups is 1. The van der Waals surface area contributed by atoms with Crippen LogP contribution in [0.5, 0.6) is 0 Å². The van der Waals surface area contributed by atoms with E-state index in [4.69, 9.17) is 4.74 Å². The molecule has 6 rings (SSSR count). The fourth-order valence-corrected chi connectivity index (χ4v) is 9.91. The lowest BCUT2D eigenvalue weighted by Gasteiger charge is -2.31. The third-order valence-electron chi connectivity index (χ3n) is 12.2. The average Bonchev–Trinajstić information content (AvgIpc) is 3.70. The number of rotatable bonds is 4. The fourth-order valence-electron chi connectivity index (χ4n) is 9.91. The fraction of sp³-hybridized carbons (Fsp3) is 0.735. The van der Waals surface area contributed by atoms with Crippen molar-refractivity contribution < 1.29 is 19.7 Å². The summed E-state index contributed by atoms with van der Waals surface area (Å²) in [6.45, 7) is 13.1. The van der Waals surface area contributed by atoms with Gasteiger partial charge in [0, 0.05) is 77.5 Å². The van der Waals surface area contributed by atoms with Gasteiger partial charge in [0.1, 0.15) is 0 Å². The zero-order valence-electron chi connectivity index (χ0n) is 26.5. The van der Waals surface area contributed by atoms with Crippen LogP contribution >= 0.6 is 0 Å². The molecule has 3 saturated heterocycles. The minimum atomic E-state index is -0.322. The predicted octanol–water partition coefficient (Wildman–Crippen LogP) is 4.13. The van der Waals surface area contributed by atoms with Crippen LogP contribution in [0.25, 0.3) is 6.08 Å². The number of allylic oxidation sites excluding steroid dienone is 2. The quantitative estimate of drug-likeness (QED) is 0.234. The van der Waals surface area contributed by atoms with Gasteiger partial charge in [0.05, 0.1) is 19.0 Å². The molecule has 6 N–H and O–H groups in total. The number of hydrogen-bond acceptors (Lipinski definition) is 7. The lowest BCUT2D eigenvalue weighted by molar-refractivity contribution is -0.141. The van der Waals surface area contributed by atoms with Crippen molar-refractivity contribution in [2.75, 3.05) is 7.11 Å². The molecule has 0 radical (unpaired) electrons. The second-order valence-corrected chi connectivity index (χ2v) is 14.1. The molecule has 5 aliphatic rings. The first-order valence-corrected chi connectivity index (χ1v) is 16.4. The summed E-state index contributed by atoms with van der Waals surface area (Å²) in [5.74, 6) is 1.96. The Labute approximate surface area is 251 Å². The van der Waals surface area contributed by atoms with Crippen molar-refractivity contribution in [1.29, 1.82) is 0 Å². The highest BCUT2D eigenvalue weighted by atomic mass is 16.5. The second-order valence-electron chi connectivity index (χ2n) is 14.1. The number of esters is 1. The summed E-state index contributed by atoms with van der Waals surface area (Å²) in [7, 11) is 1.47. The van der Waals surface area contributed by atoms with E-state index in [1.165, 1.54) is 23.9 Å². The molecule has 4 aliphatic heterocycles. The minimum absolute atomic E-state index is 0.152. The number of aliphatic hydroxyl groups excluding tert-OH is 2. The molecule has 1 saturated carbocycles. The van der Waals surface area contributed by atoms with Crippen molar-refractivity contribution in [3.05, 3.63) is 39.5 Å². The van der Waals surface area contributed by atoms with E-state index in [1.54, 1.807) is 6.92 Å². The number of H-pyrrole nitrogens is 1. The van der Waals surface area contributed by atoms with Crippen LogP contribution in [0.4, 0.5) is 0 Å². The molecule has 42 heavy (non-hydrogen) atoms. The van der Waals surface area contributed by atoms with Crippen molar-refractivity contribution >= 4 is 12.0 Å². The van der Waals surface area contributed by atoms with Gasteiger partial charge in [-0.05, 0) is 80.4 Å². The van der Waals surface area contributed by atoms with Gasteiger partial charge in [-0.2, -0.15) is 0 Å². The summed E-state index contributed by atoms with van der Waals surface area (Å²) in [6, 6.07) is 1.19. The van der Waals surface area contributed by atoms with Crippen LogP contribution in [-0.4, -0.2) is 64.6 Å². The molecule has 1 aliphatic carbocycles. The molecule has 0 aromatic carbocycles. The minimum Gasteiger partial charge on any atom is -0.512 e. The first kappa shape index (κ1) is 29.8. The van der Waals surface area contributed by atoms with Gasteiger partial charge in [-0.25, -0.2) is 0 Å². The average molecular weight is 581 g/mol. The maximum Gasteiger partial charge on any atom is 0.305 e. The van der Waals surface area contributed by atoms with Crippen molar-refractivity contribution in [3.63, 3.8) is 0 Å². The third-order valence-corrected chi connectivity index (χ3v) is 12.2. The number of carbonyl (C=O) groups excluding carboxylic acids is 1. The Bertz CT molecular complexity index is 1260. The van der Waals surface area contributed by atoms with E-state index in [0.717, 1.165) is 49.1 Å². The van der Waals surface area contributed by atoms with Gasteiger partial charge in [-0.1, -0.05) is 27.7 Å². The Morgan fingerprint density at radius 2 is 1.81 bits per heavy atom. The number of ether oxygens (including phenoxy) is 1. The van der Waals surface area contributed by atoms with Crippen LogP contribution in [0.1, 0.15) is 82.8 Å². The van der Waals surface area contributed by atoms with E-state index in [1.807, 2.05) is 0 Å². The van der Waals surface area contributed by atoms with Gasteiger partial charge in [-0.3, -0.25) is 4.79 Å². The number of methoxy groups -OCH3 is 1. The maximum atomic E-state index is 12.3. The topological polar surface area (TPSA) is 119 Å². The van der Waals surface area contributed by atoms with E-state index in [9.17, 15) is 15.0 Å². The van der Waals surface area contributed by atoms with E-state index in [2.05, 4.69) is 61.6 Å². The van der Waals surface area contributed by atoms with E-state index in [0.29, 0.717) is 35.9 Å². The molecular formula is C34H52N4O4. The Morgan fingerprint density at radius 3 is 2.50 bits per heavy atom. The highest BCUT2D eigenvalue weighted by Crippen LogP contribution is 2.49. The van der Waals surface area contributed by atoms with Gasteiger partial charge >= 0.3 is 5.97 Å². The highest BCUT2D eigenvalue weighted by Gasteiger charge is 2.57. The molecule has 1 aromatic rings. The number of aromatic amines is 1. The van der Waals surface area contributed by atoms with Crippen molar-refractivity contribution in [2.45, 2.75) is 116 Å². The third kappa shape index (κ3) is 4.82. The number of aliphatic hydroxyl groups is 2. The van der Waals surface area contributed by atoms with Gasteiger partial charge < -0.3 is 35.9 Å². The standard InChI is InChI=1S/C34H52N4O4/c1-8-20-15(2)23-14-28-31(19(6)39)17(4)25(36-28)12-24-16(3)21(9-10-30(41)42-7)33(37-24)22-11-29(40)32-18(5)26(38-34(22)32)13-27(20)35-23/h14,16-18,21-22,24-26,29,32-40H,8-13H2,1-7H3/b28-14?,31-19-. The van der Waals surface area contributed by atoms with E-state index < -0.39 is 0 Å². The number of nitrogens with one attached hydrogen (secondary N) is 4. The molecule has 8 nitrogen and oxygen atoms in total. The lowest BCUT2D eigenvalue weighted by atomic mass is 9.77. The monoisotopic (exact) mass is 580 g/mol. The van der Waals surface area contributed by atoms with Crippen molar-refractivity contribution in [1.82, 2.24) is 20.9 Å². The van der Waals surface area contributed by atoms with Crippen LogP contribution < -0.4 is 16.0 Å². The van der Waals surface area contributed by atoms with Crippen LogP contribution in [-0.2, 0) is 22.4 Å². The zero-order chi connectivity index (χ0) is 30.0. The molecule has 232 valence electrons. The molecule has 12 unspecified atom stereocenters. The lowest BCUT2D eigenvalue weighted by Crippen LogP contribution is -2.47. The van der Waals surface area contributed by atoms with Crippen molar-refractivity contribution in [3.8, 4) is 0 Å². The first-order valence-electron chi connectivity index (χ1n) is 16.4. The molecule has 5 heterocycles. The molecule has 1 aromatic heterocycles. The SMILES string of the molecule is CCc1c2[nH]c(c1C)C=C1NC(CC3NC(C(CCC(=O)OC)C3C)C3CC(O)C4C(C)C(C2)NC34)C(C)/C1=C(\C)O. The summed E-state index contributed by atoms with van der Waals surface area (Å²) in [6.07, 6.45) is 6.67. The van der Waals surface area contributed by atoms with Gasteiger partial charge in [-0.15, -0.1) is 0 Å². The summed E-state index contributed by atoms with van der Waals surface area (Å²) < 4.78 is 5.04. The summed E-state index contributed by atoms with van der Waals surface area (Å²) in [5.41, 5.74) is 7.06. The number of fused-ring (bicyclic) bond motifs is 8. The molecule has 8 heteroatoms.